The van der Waals surface area contributed by atoms with Gasteiger partial charge in [-0.1, -0.05) is 10.7 Å². The fraction of sp³-hybridized carbons (Fsp3) is 0.647. The highest BCUT2D eigenvalue weighted by Gasteiger charge is 2.43. The van der Waals surface area contributed by atoms with Gasteiger partial charge in [0.25, 0.3) is 0 Å². The van der Waals surface area contributed by atoms with Crippen molar-refractivity contribution in [2.24, 2.45) is 0 Å². The lowest BCUT2D eigenvalue weighted by Gasteiger charge is -2.44. The third-order valence-electron chi connectivity index (χ3n) is 5.39. The molecule has 24 heavy (non-hydrogen) atoms. The second-order valence-corrected chi connectivity index (χ2v) is 7.10. The maximum absolute atomic E-state index is 12.5. The predicted octanol–water partition coefficient (Wildman–Crippen LogP) is 1.41. The summed E-state index contributed by atoms with van der Waals surface area (Å²) in [4.78, 5) is 32.8. The SMILES string of the molecule is CC1=C(C(=O)N2CC(N3CC(c4nc(C)no4)CC3=O)C2)CCC1. The maximum atomic E-state index is 12.5. The molecule has 7 nitrogen and oxygen atoms in total. The van der Waals surface area contributed by atoms with Crippen molar-refractivity contribution >= 4 is 11.8 Å². The van der Waals surface area contributed by atoms with Gasteiger partial charge in [0.1, 0.15) is 0 Å². The van der Waals surface area contributed by atoms with Crippen LogP contribution in [0.25, 0.3) is 0 Å². The van der Waals surface area contributed by atoms with Crippen molar-refractivity contribution in [2.75, 3.05) is 19.6 Å². The van der Waals surface area contributed by atoms with Crippen LogP contribution in [-0.4, -0.2) is 57.4 Å². The Morgan fingerprint density at radius 1 is 1.21 bits per heavy atom. The van der Waals surface area contributed by atoms with Crippen molar-refractivity contribution < 1.29 is 14.1 Å². The van der Waals surface area contributed by atoms with E-state index in [1.807, 2.05) is 9.80 Å². The van der Waals surface area contributed by atoms with Crippen molar-refractivity contribution in [1.82, 2.24) is 19.9 Å². The molecule has 1 aromatic rings. The smallest absolute Gasteiger partial charge is 0.249 e. The van der Waals surface area contributed by atoms with Gasteiger partial charge in [0.15, 0.2) is 5.82 Å². The minimum absolute atomic E-state index is 0.0248. The fourth-order valence-electron chi connectivity index (χ4n) is 3.92. The zero-order valence-corrected chi connectivity index (χ0v) is 14.1. The Morgan fingerprint density at radius 3 is 2.62 bits per heavy atom. The molecule has 4 rings (SSSR count). The first kappa shape index (κ1) is 15.4. The average Bonchev–Trinajstić information content (AvgIpc) is 3.19. The van der Waals surface area contributed by atoms with Crippen molar-refractivity contribution in [1.29, 1.82) is 0 Å². The van der Waals surface area contributed by atoms with Gasteiger partial charge in [0.2, 0.25) is 17.7 Å². The topological polar surface area (TPSA) is 79.5 Å². The van der Waals surface area contributed by atoms with Crippen LogP contribution in [-0.2, 0) is 9.59 Å². The van der Waals surface area contributed by atoms with Gasteiger partial charge in [-0.3, -0.25) is 9.59 Å². The second kappa shape index (κ2) is 5.72. The van der Waals surface area contributed by atoms with Crippen molar-refractivity contribution in [3.63, 3.8) is 0 Å². The van der Waals surface area contributed by atoms with Crippen LogP contribution >= 0.6 is 0 Å². The first-order valence-corrected chi connectivity index (χ1v) is 8.60. The number of nitrogens with zero attached hydrogens (tertiary/aromatic N) is 4. The summed E-state index contributed by atoms with van der Waals surface area (Å²) in [5.74, 6) is 1.39. The van der Waals surface area contributed by atoms with E-state index in [1.54, 1.807) is 6.92 Å². The lowest BCUT2D eigenvalue weighted by atomic mass is 10.0. The molecule has 0 spiro atoms. The Labute approximate surface area is 140 Å². The van der Waals surface area contributed by atoms with E-state index in [0.717, 1.165) is 24.8 Å². The van der Waals surface area contributed by atoms with Crippen LogP contribution in [0.15, 0.2) is 15.7 Å². The summed E-state index contributed by atoms with van der Waals surface area (Å²) in [6, 6.07) is 0.123. The predicted molar refractivity (Wildman–Crippen MR) is 85.0 cm³/mol. The number of aromatic nitrogens is 2. The quantitative estimate of drug-likeness (QED) is 0.837. The van der Waals surface area contributed by atoms with Crippen LogP contribution in [0.5, 0.6) is 0 Å². The lowest BCUT2D eigenvalue weighted by Crippen LogP contribution is -2.61. The zero-order chi connectivity index (χ0) is 16.8. The minimum atomic E-state index is -0.0248. The van der Waals surface area contributed by atoms with E-state index >= 15 is 0 Å². The number of rotatable bonds is 3. The number of likely N-dealkylation sites (tertiary alicyclic amines) is 2. The van der Waals surface area contributed by atoms with Gasteiger partial charge in [-0.15, -0.1) is 0 Å². The number of carbonyl (C=O) groups excluding carboxylic acids is 2. The van der Waals surface area contributed by atoms with Gasteiger partial charge < -0.3 is 14.3 Å². The van der Waals surface area contributed by atoms with Gasteiger partial charge >= 0.3 is 0 Å². The van der Waals surface area contributed by atoms with Crippen LogP contribution in [0, 0.1) is 6.92 Å². The van der Waals surface area contributed by atoms with Gasteiger partial charge in [-0.25, -0.2) is 0 Å². The summed E-state index contributed by atoms with van der Waals surface area (Å²) in [6.45, 7) is 5.71. The highest BCUT2D eigenvalue weighted by Crippen LogP contribution is 2.33. The first-order valence-electron chi connectivity index (χ1n) is 8.60. The molecular weight excluding hydrogens is 308 g/mol. The van der Waals surface area contributed by atoms with Crippen LogP contribution in [0.3, 0.4) is 0 Å². The Kier molecular flexibility index (Phi) is 3.66. The van der Waals surface area contributed by atoms with Crippen molar-refractivity contribution in [3.05, 3.63) is 22.9 Å². The van der Waals surface area contributed by atoms with E-state index in [1.165, 1.54) is 5.57 Å². The summed E-state index contributed by atoms with van der Waals surface area (Å²) in [6.07, 6.45) is 3.43. The molecule has 2 aliphatic heterocycles. The molecule has 1 atom stereocenters. The molecule has 1 aromatic heterocycles. The molecule has 1 aliphatic carbocycles. The summed E-state index contributed by atoms with van der Waals surface area (Å²) in [7, 11) is 0. The number of hydrogen-bond donors (Lipinski definition) is 0. The molecule has 2 fully saturated rings. The number of aryl methyl sites for hydroxylation is 1. The van der Waals surface area contributed by atoms with Gasteiger partial charge in [0, 0.05) is 31.6 Å². The third-order valence-corrected chi connectivity index (χ3v) is 5.39. The van der Waals surface area contributed by atoms with Crippen LogP contribution < -0.4 is 0 Å². The summed E-state index contributed by atoms with van der Waals surface area (Å²) >= 11 is 0. The fourth-order valence-corrected chi connectivity index (χ4v) is 3.92. The zero-order valence-electron chi connectivity index (χ0n) is 14.1. The number of hydrogen-bond acceptors (Lipinski definition) is 5. The molecule has 0 bridgehead atoms. The van der Waals surface area contributed by atoms with Crippen molar-refractivity contribution in [2.45, 2.75) is 51.5 Å². The molecule has 0 N–H and O–H groups in total. The summed E-state index contributed by atoms with van der Waals surface area (Å²) < 4.78 is 5.20. The molecule has 0 radical (unpaired) electrons. The standard InChI is InChI=1S/C17H22N4O3/c1-10-4-3-5-14(10)17(23)20-8-13(9-20)21-7-12(6-15(21)22)16-18-11(2)19-24-16/h12-13H,3-9H2,1-2H3. The second-order valence-electron chi connectivity index (χ2n) is 7.10. The Hall–Kier alpha value is -2.18. The van der Waals surface area contributed by atoms with Crippen LogP contribution in [0.4, 0.5) is 0 Å². The van der Waals surface area contributed by atoms with E-state index in [-0.39, 0.29) is 23.8 Å². The largest absolute Gasteiger partial charge is 0.339 e. The first-order chi connectivity index (χ1) is 11.5. The minimum Gasteiger partial charge on any atom is -0.339 e. The monoisotopic (exact) mass is 330 g/mol. The molecule has 2 amide bonds. The molecule has 0 aromatic carbocycles. The molecule has 3 heterocycles. The van der Waals surface area contributed by atoms with Gasteiger partial charge in [-0.2, -0.15) is 4.98 Å². The van der Waals surface area contributed by atoms with E-state index < -0.39 is 0 Å². The van der Waals surface area contributed by atoms with Gasteiger partial charge in [-0.05, 0) is 33.1 Å². The van der Waals surface area contributed by atoms with E-state index in [9.17, 15) is 9.59 Å². The molecule has 1 unspecified atom stereocenters. The normalized spacial score (nSPS) is 24.9. The molecule has 0 saturated carbocycles. The Morgan fingerprint density at radius 2 is 2.00 bits per heavy atom. The van der Waals surface area contributed by atoms with E-state index in [2.05, 4.69) is 17.1 Å². The number of allylic oxidation sites excluding steroid dienone is 1. The van der Waals surface area contributed by atoms with Crippen molar-refractivity contribution in [3.8, 4) is 0 Å². The summed E-state index contributed by atoms with van der Waals surface area (Å²) in [5, 5.41) is 3.80. The van der Waals surface area contributed by atoms with E-state index in [4.69, 9.17) is 4.52 Å². The molecule has 2 saturated heterocycles. The van der Waals surface area contributed by atoms with E-state index in [0.29, 0.717) is 37.8 Å². The molecule has 3 aliphatic rings. The molecule has 7 heteroatoms. The molecular formula is C17H22N4O3. The number of carbonyl (C=O) groups is 2. The third kappa shape index (κ3) is 2.52. The summed E-state index contributed by atoms with van der Waals surface area (Å²) in [5.41, 5.74) is 2.22. The Balaban J connectivity index is 1.36. The van der Waals surface area contributed by atoms with Crippen LogP contribution in [0.1, 0.15) is 50.2 Å². The highest BCUT2D eigenvalue weighted by atomic mass is 16.5. The Bertz CT molecular complexity index is 717. The maximum Gasteiger partial charge on any atom is 0.249 e. The van der Waals surface area contributed by atoms with Crippen LogP contribution in [0.2, 0.25) is 0 Å². The molecule has 128 valence electrons. The average molecular weight is 330 g/mol. The van der Waals surface area contributed by atoms with Gasteiger partial charge in [0.05, 0.1) is 12.0 Å². The number of amides is 2. The lowest BCUT2D eigenvalue weighted by molar-refractivity contribution is -0.141. The highest BCUT2D eigenvalue weighted by molar-refractivity contribution is 5.95.